The average Bonchev–Trinajstić information content (AvgIpc) is 1.14. The maximum atomic E-state index is 9.63. The van der Waals surface area contributed by atoms with Crippen molar-refractivity contribution < 1.29 is 66.9 Å². The van der Waals surface area contributed by atoms with Crippen molar-refractivity contribution in [2.75, 3.05) is 0 Å². The third kappa shape index (κ3) is 19.1. The van der Waals surface area contributed by atoms with E-state index in [9.17, 15) is 9.13 Å². The van der Waals surface area contributed by atoms with Crippen molar-refractivity contribution >= 4 is 53.4 Å². The first-order chi connectivity index (χ1) is 3.71. The first-order valence-corrected chi connectivity index (χ1v) is 4.59. The van der Waals surface area contributed by atoms with E-state index in [1.165, 1.54) is 0 Å². The number of rotatable bonds is 2. The van der Waals surface area contributed by atoms with Crippen molar-refractivity contribution in [3.05, 3.63) is 0 Å². The van der Waals surface area contributed by atoms with Gasteiger partial charge in [-0.2, -0.15) is 4.31 Å². The van der Waals surface area contributed by atoms with Crippen LogP contribution < -0.4 is 29.6 Å². The summed E-state index contributed by atoms with van der Waals surface area (Å²) in [7, 11) is -10.1. The average molecular weight is 244 g/mol. The van der Waals surface area contributed by atoms with Crippen LogP contribution in [0, 0.1) is 0 Å². The van der Waals surface area contributed by atoms with Crippen LogP contribution in [0.1, 0.15) is 4.28 Å². The molecule has 0 radical (unpaired) electrons. The van der Waals surface area contributed by atoms with Gasteiger partial charge in [0, 0.05) is 0 Å². The number of hydrogen-bond donors (Lipinski definition) is 4. The minimum Gasteiger partial charge on any atom is -1.00 e. The normalized spacial score (nSPS) is 11.3. The van der Waals surface area contributed by atoms with Gasteiger partial charge < -0.3 is 23.9 Å². The minimum atomic E-state index is -5.05. The van der Waals surface area contributed by atoms with Crippen LogP contribution in [0.25, 0.3) is 0 Å². The van der Waals surface area contributed by atoms with Gasteiger partial charge in [-0.1, -0.05) is 0 Å². The van der Waals surface area contributed by atoms with E-state index < -0.39 is 15.6 Å². The number of phosphoric acid groups is 2. The van der Waals surface area contributed by atoms with Crippen molar-refractivity contribution in [1.82, 2.24) is 0 Å². The second kappa shape index (κ2) is 6.90. The van der Waals surface area contributed by atoms with E-state index in [0.29, 0.717) is 0 Å². The third-order valence-corrected chi connectivity index (χ3v) is 1.91. The molecule has 0 amide bonds. The molecule has 0 aromatic carbocycles. The Morgan fingerprint density at radius 1 is 1.00 bits per heavy atom. The number of hydrogen-bond acceptors (Lipinski definition) is 3. The Hall–Kier alpha value is 2.52. The SMILES string of the molecule is O=P(O)(O)OP(=O)(O)O.[Ca+2].[H-].[H-].[H-].[Na+]. The van der Waals surface area contributed by atoms with Crippen molar-refractivity contribution in [2.45, 2.75) is 0 Å². The van der Waals surface area contributed by atoms with Crippen LogP contribution in [0.5, 0.6) is 0 Å². The van der Waals surface area contributed by atoms with Crippen molar-refractivity contribution in [3.63, 3.8) is 0 Å². The molecule has 0 bridgehead atoms. The molecule has 0 aromatic rings. The first kappa shape index (κ1) is 19.1. The van der Waals surface area contributed by atoms with Crippen LogP contribution in [0.3, 0.4) is 0 Å². The van der Waals surface area contributed by atoms with Gasteiger partial charge in [-0.25, -0.2) is 9.13 Å². The summed E-state index contributed by atoms with van der Waals surface area (Å²) in [6, 6.07) is 0. The molecule has 0 heterocycles. The summed E-state index contributed by atoms with van der Waals surface area (Å²) in [6.07, 6.45) is 0. The molecule has 0 saturated heterocycles. The first-order valence-electron chi connectivity index (χ1n) is 1.53. The van der Waals surface area contributed by atoms with Gasteiger partial charge in [0.05, 0.1) is 0 Å². The predicted molar refractivity (Wildman–Crippen MR) is 34.3 cm³/mol. The minimum absolute atomic E-state index is 0. The van der Waals surface area contributed by atoms with Crippen LogP contribution in [-0.2, 0) is 13.4 Å². The monoisotopic (exact) mass is 244 g/mol. The predicted octanol–water partition coefficient (Wildman–Crippen LogP) is -3.85. The Labute approximate surface area is 119 Å². The van der Waals surface area contributed by atoms with Crippen LogP contribution in [-0.4, -0.2) is 57.3 Å². The molecule has 0 aliphatic heterocycles. The van der Waals surface area contributed by atoms with Gasteiger partial charge in [0.1, 0.15) is 0 Å². The topological polar surface area (TPSA) is 124 Å². The zero-order valence-corrected chi connectivity index (χ0v) is 11.6. The largest absolute Gasteiger partial charge is 2.00 e. The zero-order chi connectivity index (χ0) is 7.71. The summed E-state index contributed by atoms with van der Waals surface area (Å²) in [5.74, 6) is 0. The molecular formula is H7CaNaO7P2. The van der Waals surface area contributed by atoms with Crippen LogP contribution >= 0.6 is 15.6 Å². The molecule has 7 nitrogen and oxygen atoms in total. The molecule has 0 spiro atoms. The molecule has 0 aromatic heterocycles. The van der Waals surface area contributed by atoms with Gasteiger partial charge in [-0.3, -0.25) is 0 Å². The molecule has 0 atom stereocenters. The molecular weight excluding hydrogens is 237 g/mol. The molecule has 0 rings (SSSR count). The Kier molecular flexibility index (Phi) is 12.0. The molecule has 0 fully saturated rings. The van der Waals surface area contributed by atoms with Crippen molar-refractivity contribution in [1.29, 1.82) is 0 Å². The summed E-state index contributed by atoms with van der Waals surface area (Å²) in [6.45, 7) is 0. The molecule has 11 heteroatoms. The fourth-order valence-electron chi connectivity index (χ4n) is 0.139. The molecule has 0 saturated carbocycles. The van der Waals surface area contributed by atoms with Gasteiger partial charge in [0.25, 0.3) is 0 Å². The molecule has 0 aliphatic carbocycles. The third-order valence-electron chi connectivity index (χ3n) is 0.213. The second-order valence-corrected chi connectivity index (χ2v) is 3.68. The van der Waals surface area contributed by atoms with E-state index in [1.807, 2.05) is 0 Å². The summed E-state index contributed by atoms with van der Waals surface area (Å²) in [4.78, 5) is 31.0. The van der Waals surface area contributed by atoms with E-state index in [1.54, 1.807) is 0 Å². The van der Waals surface area contributed by atoms with Gasteiger partial charge in [0.15, 0.2) is 0 Å². The van der Waals surface area contributed by atoms with Crippen molar-refractivity contribution in [3.8, 4) is 0 Å². The molecule has 0 unspecified atom stereocenters. The van der Waals surface area contributed by atoms with Gasteiger partial charge >= 0.3 is 82.9 Å². The zero-order valence-electron chi connectivity index (χ0n) is 8.62. The summed E-state index contributed by atoms with van der Waals surface area (Å²) in [5.41, 5.74) is 0. The standard InChI is InChI=1S/Ca.Na.H4O7P2.3H/c;;1-8(2,3)7-9(4,5)6;;;/h;;(H2,1,2,3)(H2,4,5,6);;;/q+2;+1;;3*-1. The van der Waals surface area contributed by atoms with Crippen LogP contribution in [0.4, 0.5) is 0 Å². The van der Waals surface area contributed by atoms with Crippen LogP contribution in [0.15, 0.2) is 0 Å². The van der Waals surface area contributed by atoms with Crippen molar-refractivity contribution in [2.24, 2.45) is 0 Å². The fraction of sp³-hybridized carbons (Fsp3) is 0. The second-order valence-electron chi connectivity index (χ2n) is 1.06. The Bertz CT molecular complexity index is 167. The Morgan fingerprint density at radius 2 is 1.18 bits per heavy atom. The molecule has 62 valence electrons. The van der Waals surface area contributed by atoms with E-state index in [0.717, 1.165) is 0 Å². The van der Waals surface area contributed by atoms with Crippen LogP contribution in [0.2, 0.25) is 0 Å². The summed E-state index contributed by atoms with van der Waals surface area (Å²) >= 11 is 0. The molecule has 0 aliphatic rings. The quantitative estimate of drug-likeness (QED) is 0.289. The van der Waals surface area contributed by atoms with Gasteiger partial charge in [0.2, 0.25) is 0 Å². The molecule has 11 heavy (non-hydrogen) atoms. The van der Waals surface area contributed by atoms with Gasteiger partial charge in [-0.15, -0.1) is 0 Å². The molecule has 4 N–H and O–H groups in total. The maximum Gasteiger partial charge on any atom is 2.00 e. The fourth-order valence-corrected chi connectivity index (χ4v) is 1.25. The van der Waals surface area contributed by atoms with E-state index in [-0.39, 0.29) is 71.6 Å². The summed E-state index contributed by atoms with van der Waals surface area (Å²) < 4.78 is 22.2. The van der Waals surface area contributed by atoms with E-state index >= 15 is 0 Å². The van der Waals surface area contributed by atoms with E-state index in [4.69, 9.17) is 19.6 Å². The maximum absolute atomic E-state index is 9.63. The smallest absolute Gasteiger partial charge is 1.00 e. The van der Waals surface area contributed by atoms with E-state index in [2.05, 4.69) is 4.31 Å². The summed E-state index contributed by atoms with van der Waals surface area (Å²) in [5, 5.41) is 0. The van der Waals surface area contributed by atoms with Gasteiger partial charge in [-0.05, 0) is 0 Å². The Balaban J connectivity index is -0.0000000320. The Morgan fingerprint density at radius 3 is 1.18 bits per heavy atom.